The summed E-state index contributed by atoms with van der Waals surface area (Å²) >= 11 is 0. The zero-order valence-electron chi connectivity index (χ0n) is 18.4. The van der Waals surface area contributed by atoms with Gasteiger partial charge in [0.05, 0.1) is 6.67 Å². The Labute approximate surface area is 192 Å². The molecule has 0 unspecified atom stereocenters. The van der Waals surface area contributed by atoms with E-state index in [4.69, 9.17) is 10.7 Å². The molecule has 1 aliphatic heterocycles. The number of anilines is 4. The molecule has 0 radical (unpaired) electrons. The number of amides is 1. The highest BCUT2D eigenvalue weighted by Gasteiger charge is 2.27. The standard InChI is InChI=1S/C25H25N7O/c1-3-21(33)30-13-14-31(16-30)25-29-22(23-24(26)27-11-12-32(23)25)18-9-10-20(17(2)15-18)28-19-7-5-4-6-8-19/h3-12,15,28H,1,13-14,16H2,2H3,(H2,26,27). The summed E-state index contributed by atoms with van der Waals surface area (Å²) in [6.45, 7) is 7.40. The molecule has 1 saturated heterocycles. The predicted molar refractivity (Wildman–Crippen MR) is 131 cm³/mol. The van der Waals surface area contributed by atoms with Crippen molar-refractivity contribution in [2.75, 3.05) is 35.7 Å². The summed E-state index contributed by atoms with van der Waals surface area (Å²) in [5.41, 5.74) is 11.9. The molecule has 3 heterocycles. The molecule has 0 spiro atoms. The van der Waals surface area contributed by atoms with Crippen LogP contribution in [0.5, 0.6) is 0 Å². The van der Waals surface area contributed by atoms with Crippen molar-refractivity contribution in [2.45, 2.75) is 6.92 Å². The fourth-order valence-corrected chi connectivity index (χ4v) is 4.16. The molecule has 0 saturated carbocycles. The minimum Gasteiger partial charge on any atom is -0.382 e. The number of para-hydroxylation sites is 1. The summed E-state index contributed by atoms with van der Waals surface area (Å²) in [4.78, 5) is 25.1. The Morgan fingerprint density at radius 3 is 2.76 bits per heavy atom. The largest absolute Gasteiger partial charge is 0.382 e. The van der Waals surface area contributed by atoms with E-state index in [1.807, 2.05) is 47.0 Å². The third-order valence-corrected chi connectivity index (χ3v) is 5.87. The summed E-state index contributed by atoms with van der Waals surface area (Å²) in [7, 11) is 0. The smallest absolute Gasteiger partial charge is 0.247 e. The van der Waals surface area contributed by atoms with Gasteiger partial charge in [-0.1, -0.05) is 30.8 Å². The number of nitrogens with zero attached hydrogens (tertiary/aromatic N) is 5. The van der Waals surface area contributed by atoms with Gasteiger partial charge in [0.15, 0.2) is 0 Å². The third-order valence-electron chi connectivity index (χ3n) is 5.87. The fourth-order valence-electron chi connectivity index (χ4n) is 4.16. The highest BCUT2D eigenvalue weighted by atomic mass is 16.2. The number of nitrogen functional groups attached to an aromatic ring is 1. The third kappa shape index (κ3) is 3.76. The number of carbonyl (C=O) groups is 1. The maximum atomic E-state index is 12.1. The topological polar surface area (TPSA) is 91.8 Å². The molecule has 166 valence electrons. The van der Waals surface area contributed by atoms with Crippen LogP contribution in [0.4, 0.5) is 23.1 Å². The lowest BCUT2D eigenvalue weighted by Gasteiger charge is -2.17. The first-order valence-electron chi connectivity index (χ1n) is 10.8. The van der Waals surface area contributed by atoms with E-state index in [9.17, 15) is 4.79 Å². The zero-order chi connectivity index (χ0) is 22.9. The van der Waals surface area contributed by atoms with Crippen molar-refractivity contribution in [3.63, 3.8) is 0 Å². The number of rotatable bonds is 5. The van der Waals surface area contributed by atoms with Crippen LogP contribution in [-0.2, 0) is 4.79 Å². The Balaban J connectivity index is 1.53. The van der Waals surface area contributed by atoms with E-state index in [0.717, 1.165) is 39.7 Å². The second-order valence-electron chi connectivity index (χ2n) is 8.02. The normalized spacial score (nSPS) is 13.5. The van der Waals surface area contributed by atoms with Crippen LogP contribution < -0.4 is 16.0 Å². The van der Waals surface area contributed by atoms with Gasteiger partial charge in [-0.25, -0.2) is 9.97 Å². The van der Waals surface area contributed by atoms with Gasteiger partial charge in [-0.15, -0.1) is 0 Å². The lowest BCUT2D eigenvalue weighted by Crippen LogP contribution is -2.30. The van der Waals surface area contributed by atoms with Crippen molar-refractivity contribution in [1.82, 2.24) is 19.3 Å². The van der Waals surface area contributed by atoms with Crippen LogP contribution >= 0.6 is 0 Å². The van der Waals surface area contributed by atoms with Crippen LogP contribution in [0, 0.1) is 6.92 Å². The number of aryl methyl sites for hydroxylation is 1. The molecular weight excluding hydrogens is 414 g/mol. The zero-order valence-corrected chi connectivity index (χ0v) is 18.4. The molecule has 8 heteroatoms. The number of carbonyl (C=O) groups excluding carboxylic acids is 1. The maximum Gasteiger partial charge on any atom is 0.247 e. The van der Waals surface area contributed by atoms with Gasteiger partial charge in [-0.3, -0.25) is 9.20 Å². The molecule has 0 atom stereocenters. The highest BCUT2D eigenvalue weighted by molar-refractivity contribution is 5.89. The van der Waals surface area contributed by atoms with Crippen molar-refractivity contribution < 1.29 is 4.79 Å². The van der Waals surface area contributed by atoms with E-state index in [-0.39, 0.29) is 5.91 Å². The fraction of sp³-hybridized carbons (Fsp3) is 0.160. The van der Waals surface area contributed by atoms with Gasteiger partial charge in [-0.2, -0.15) is 0 Å². The Kier molecular flexibility index (Phi) is 5.18. The van der Waals surface area contributed by atoms with Gasteiger partial charge in [0.2, 0.25) is 11.9 Å². The van der Waals surface area contributed by atoms with Crippen molar-refractivity contribution in [3.05, 3.63) is 79.1 Å². The molecule has 1 fully saturated rings. The average Bonchev–Trinajstić information content (AvgIpc) is 3.46. The van der Waals surface area contributed by atoms with E-state index in [2.05, 4.69) is 40.8 Å². The van der Waals surface area contributed by atoms with E-state index < -0.39 is 0 Å². The van der Waals surface area contributed by atoms with E-state index >= 15 is 0 Å². The summed E-state index contributed by atoms with van der Waals surface area (Å²) in [5, 5.41) is 3.45. The first-order chi connectivity index (χ1) is 16.0. The summed E-state index contributed by atoms with van der Waals surface area (Å²) < 4.78 is 1.95. The molecule has 1 amide bonds. The second kappa shape index (κ2) is 8.31. The summed E-state index contributed by atoms with van der Waals surface area (Å²) in [5.74, 6) is 1.06. The molecule has 2 aromatic carbocycles. The minimum absolute atomic E-state index is 0.0862. The Hall–Kier alpha value is -4.33. The lowest BCUT2D eigenvalue weighted by atomic mass is 10.1. The molecular formula is C25H25N7O. The highest BCUT2D eigenvalue weighted by Crippen LogP contribution is 2.34. The van der Waals surface area contributed by atoms with Gasteiger partial charge >= 0.3 is 0 Å². The molecule has 1 aliphatic rings. The van der Waals surface area contributed by atoms with Crippen molar-refractivity contribution in [1.29, 1.82) is 0 Å². The van der Waals surface area contributed by atoms with Gasteiger partial charge in [0.25, 0.3) is 0 Å². The average molecular weight is 440 g/mol. The number of nitrogens with one attached hydrogen (secondary N) is 1. The maximum absolute atomic E-state index is 12.1. The number of hydrogen-bond donors (Lipinski definition) is 2. The molecule has 5 rings (SSSR count). The van der Waals surface area contributed by atoms with E-state index in [1.165, 1.54) is 6.08 Å². The Morgan fingerprint density at radius 2 is 2.00 bits per heavy atom. The van der Waals surface area contributed by atoms with Gasteiger partial charge in [-0.05, 0) is 42.8 Å². The van der Waals surface area contributed by atoms with Crippen LogP contribution in [0.3, 0.4) is 0 Å². The van der Waals surface area contributed by atoms with Crippen molar-refractivity contribution in [3.8, 4) is 11.3 Å². The van der Waals surface area contributed by atoms with Crippen LogP contribution in [0.25, 0.3) is 16.8 Å². The number of imidazole rings is 1. The summed E-state index contributed by atoms with van der Waals surface area (Å²) in [6, 6.07) is 16.3. The van der Waals surface area contributed by atoms with Crippen molar-refractivity contribution in [2.24, 2.45) is 0 Å². The molecule has 3 N–H and O–H groups in total. The van der Waals surface area contributed by atoms with Crippen LogP contribution in [-0.4, -0.2) is 44.9 Å². The minimum atomic E-state index is -0.0862. The second-order valence-corrected chi connectivity index (χ2v) is 8.02. The van der Waals surface area contributed by atoms with Gasteiger partial charge < -0.3 is 20.9 Å². The quantitative estimate of drug-likeness (QED) is 0.459. The van der Waals surface area contributed by atoms with Gasteiger partial charge in [0.1, 0.15) is 17.0 Å². The molecule has 33 heavy (non-hydrogen) atoms. The summed E-state index contributed by atoms with van der Waals surface area (Å²) in [6.07, 6.45) is 4.86. The SMILES string of the molecule is C=CC(=O)N1CCN(c2nc(-c3ccc(Nc4ccccc4)c(C)c3)c3c(N)nccn23)C1. The molecule has 2 aromatic heterocycles. The molecule has 0 bridgehead atoms. The van der Waals surface area contributed by atoms with Crippen molar-refractivity contribution >= 4 is 34.6 Å². The van der Waals surface area contributed by atoms with Crippen LogP contribution in [0.15, 0.2) is 73.6 Å². The number of hydrogen-bond acceptors (Lipinski definition) is 6. The molecule has 0 aliphatic carbocycles. The first kappa shape index (κ1) is 20.6. The lowest BCUT2D eigenvalue weighted by molar-refractivity contribution is -0.124. The van der Waals surface area contributed by atoms with Gasteiger partial charge in [0, 0.05) is 42.4 Å². The predicted octanol–water partition coefficient (Wildman–Crippen LogP) is 3.82. The number of fused-ring (bicyclic) bond motifs is 1. The Morgan fingerprint density at radius 1 is 1.18 bits per heavy atom. The molecule has 4 aromatic rings. The number of nitrogens with two attached hydrogens (primary N) is 1. The molecule has 8 nitrogen and oxygen atoms in total. The van der Waals surface area contributed by atoms with Crippen LogP contribution in [0.1, 0.15) is 5.56 Å². The number of aromatic nitrogens is 3. The Bertz CT molecular complexity index is 1350. The van der Waals surface area contributed by atoms with Crippen LogP contribution in [0.2, 0.25) is 0 Å². The number of benzene rings is 2. The monoisotopic (exact) mass is 439 g/mol. The van der Waals surface area contributed by atoms with E-state index in [1.54, 1.807) is 11.1 Å². The first-order valence-corrected chi connectivity index (χ1v) is 10.8. The van der Waals surface area contributed by atoms with E-state index in [0.29, 0.717) is 25.6 Å².